The summed E-state index contributed by atoms with van der Waals surface area (Å²) in [6.45, 7) is 10.5. The van der Waals surface area contributed by atoms with E-state index in [0.717, 1.165) is 23.4 Å². The Morgan fingerprint density at radius 3 is 2.52 bits per heavy atom. The molecule has 0 aliphatic heterocycles. The number of rotatable bonds is 4. The lowest BCUT2D eigenvalue weighted by molar-refractivity contribution is 0.728. The highest BCUT2D eigenvalue weighted by molar-refractivity contribution is 6.33. The zero-order valence-corrected chi connectivity index (χ0v) is 14.0. The predicted molar refractivity (Wildman–Crippen MR) is 89.7 cm³/mol. The first-order valence-electron chi connectivity index (χ1n) is 7.29. The smallest absolute Gasteiger partial charge is 0.227 e. The van der Waals surface area contributed by atoms with Crippen LogP contribution in [0.1, 0.15) is 48.6 Å². The molecule has 112 valence electrons. The molecular weight excluding hydrogens is 282 g/mol. The number of aryl methyl sites for hydroxylation is 3. The van der Waals surface area contributed by atoms with Crippen LogP contribution in [0.2, 0.25) is 5.02 Å². The molecule has 1 atom stereocenters. The van der Waals surface area contributed by atoms with Crippen LogP contribution in [0.15, 0.2) is 18.3 Å². The molecule has 1 N–H and O–H groups in total. The Bertz CT molecular complexity index is 653. The normalized spacial score (nSPS) is 12.3. The van der Waals surface area contributed by atoms with Crippen LogP contribution in [0.3, 0.4) is 0 Å². The SMILES string of the molecule is CCC(C)c1cc(Nc2ncc(C)c(C)n2)c(Cl)cc1C. The van der Waals surface area contributed by atoms with Crippen molar-refractivity contribution in [3.8, 4) is 0 Å². The van der Waals surface area contributed by atoms with Gasteiger partial charge in [-0.1, -0.05) is 25.4 Å². The molecule has 0 fully saturated rings. The average Bonchev–Trinajstić information content (AvgIpc) is 2.45. The lowest BCUT2D eigenvalue weighted by Crippen LogP contribution is -2.02. The summed E-state index contributed by atoms with van der Waals surface area (Å²) in [5.74, 6) is 1.09. The van der Waals surface area contributed by atoms with E-state index in [1.807, 2.05) is 26.1 Å². The van der Waals surface area contributed by atoms with Crippen molar-refractivity contribution in [3.63, 3.8) is 0 Å². The first kappa shape index (κ1) is 15.8. The van der Waals surface area contributed by atoms with Crippen molar-refractivity contribution in [2.75, 3.05) is 5.32 Å². The Morgan fingerprint density at radius 2 is 1.90 bits per heavy atom. The number of anilines is 2. The fourth-order valence-electron chi connectivity index (χ4n) is 2.24. The van der Waals surface area contributed by atoms with Crippen LogP contribution in [0.4, 0.5) is 11.6 Å². The largest absolute Gasteiger partial charge is 0.323 e. The van der Waals surface area contributed by atoms with Gasteiger partial charge in [-0.2, -0.15) is 0 Å². The molecule has 3 nitrogen and oxygen atoms in total. The van der Waals surface area contributed by atoms with Crippen LogP contribution < -0.4 is 5.32 Å². The third kappa shape index (κ3) is 3.53. The summed E-state index contributed by atoms with van der Waals surface area (Å²) in [5, 5.41) is 3.93. The minimum atomic E-state index is 0.503. The van der Waals surface area contributed by atoms with Gasteiger partial charge in [0, 0.05) is 11.9 Å². The molecule has 0 spiro atoms. The van der Waals surface area contributed by atoms with Gasteiger partial charge >= 0.3 is 0 Å². The summed E-state index contributed by atoms with van der Waals surface area (Å²) in [5.41, 5.74) is 5.45. The van der Waals surface area contributed by atoms with E-state index in [4.69, 9.17) is 11.6 Å². The minimum absolute atomic E-state index is 0.503. The molecule has 0 saturated carbocycles. The van der Waals surface area contributed by atoms with E-state index in [1.54, 1.807) is 0 Å². The molecule has 0 amide bonds. The standard InChI is InChI=1S/C17H22ClN3/c1-6-10(2)14-8-16(15(18)7-11(14)3)21-17-19-9-12(4)13(5)20-17/h7-10H,6H2,1-5H3,(H,19,20,21). The third-order valence-electron chi connectivity index (χ3n) is 3.97. The highest BCUT2D eigenvalue weighted by Crippen LogP contribution is 2.32. The molecule has 1 aromatic heterocycles. The molecule has 1 unspecified atom stereocenters. The van der Waals surface area contributed by atoms with Gasteiger partial charge in [0.25, 0.3) is 0 Å². The summed E-state index contributed by atoms with van der Waals surface area (Å²) >= 11 is 6.35. The molecule has 0 radical (unpaired) electrons. The second-order valence-corrected chi connectivity index (χ2v) is 5.99. The van der Waals surface area contributed by atoms with Gasteiger partial charge in [-0.3, -0.25) is 0 Å². The number of hydrogen-bond acceptors (Lipinski definition) is 3. The highest BCUT2D eigenvalue weighted by atomic mass is 35.5. The van der Waals surface area contributed by atoms with Gasteiger partial charge in [-0.15, -0.1) is 0 Å². The Hall–Kier alpha value is -1.61. The molecule has 4 heteroatoms. The van der Waals surface area contributed by atoms with E-state index >= 15 is 0 Å². The van der Waals surface area contributed by atoms with Gasteiger partial charge in [0.15, 0.2) is 0 Å². The van der Waals surface area contributed by atoms with Crippen LogP contribution in [0.25, 0.3) is 0 Å². The third-order valence-corrected chi connectivity index (χ3v) is 4.28. The van der Waals surface area contributed by atoms with E-state index in [0.29, 0.717) is 16.9 Å². The Morgan fingerprint density at radius 1 is 1.19 bits per heavy atom. The molecule has 2 rings (SSSR count). The minimum Gasteiger partial charge on any atom is -0.323 e. The number of nitrogens with zero attached hydrogens (tertiary/aromatic N) is 2. The van der Waals surface area contributed by atoms with Gasteiger partial charge < -0.3 is 5.32 Å². The van der Waals surface area contributed by atoms with Crippen LogP contribution in [-0.4, -0.2) is 9.97 Å². The van der Waals surface area contributed by atoms with Crippen molar-refractivity contribution in [1.82, 2.24) is 9.97 Å². The quantitative estimate of drug-likeness (QED) is 0.831. The maximum atomic E-state index is 6.35. The highest BCUT2D eigenvalue weighted by Gasteiger charge is 2.12. The topological polar surface area (TPSA) is 37.8 Å². The van der Waals surface area contributed by atoms with E-state index in [2.05, 4.69) is 42.1 Å². The van der Waals surface area contributed by atoms with Gasteiger partial charge in [-0.05, 0) is 61.9 Å². The van der Waals surface area contributed by atoms with Crippen molar-refractivity contribution in [3.05, 3.63) is 45.7 Å². The van der Waals surface area contributed by atoms with Crippen molar-refractivity contribution in [1.29, 1.82) is 0 Å². The number of aromatic nitrogens is 2. The monoisotopic (exact) mass is 303 g/mol. The fourth-order valence-corrected chi connectivity index (χ4v) is 2.51. The average molecular weight is 304 g/mol. The lowest BCUT2D eigenvalue weighted by atomic mass is 9.94. The van der Waals surface area contributed by atoms with Crippen LogP contribution in [-0.2, 0) is 0 Å². The van der Waals surface area contributed by atoms with Gasteiger partial charge in [-0.25, -0.2) is 9.97 Å². The van der Waals surface area contributed by atoms with Gasteiger partial charge in [0.05, 0.1) is 10.7 Å². The maximum Gasteiger partial charge on any atom is 0.227 e. The van der Waals surface area contributed by atoms with Crippen molar-refractivity contribution >= 4 is 23.2 Å². The molecule has 1 aromatic carbocycles. The Balaban J connectivity index is 2.37. The fraction of sp³-hybridized carbons (Fsp3) is 0.412. The number of nitrogens with one attached hydrogen (secondary N) is 1. The first-order chi connectivity index (χ1) is 9.92. The van der Waals surface area contributed by atoms with E-state index < -0.39 is 0 Å². The van der Waals surface area contributed by atoms with Crippen LogP contribution in [0, 0.1) is 20.8 Å². The van der Waals surface area contributed by atoms with E-state index in [-0.39, 0.29) is 0 Å². The van der Waals surface area contributed by atoms with Crippen LogP contribution >= 0.6 is 11.6 Å². The zero-order chi connectivity index (χ0) is 15.6. The van der Waals surface area contributed by atoms with Gasteiger partial charge in [0.2, 0.25) is 5.95 Å². The molecule has 21 heavy (non-hydrogen) atoms. The van der Waals surface area contributed by atoms with E-state index in [1.165, 1.54) is 11.1 Å². The zero-order valence-electron chi connectivity index (χ0n) is 13.3. The molecule has 2 aromatic rings. The number of hydrogen-bond donors (Lipinski definition) is 1. The second-order valence-electron chi connectivity index (χ2n) is 5.58. The second kappa shape index (κ2) is 6.44. The summed E-state index contributed by atoms with van der Waals surface area (Å²) in [7, 11) is 0. The summed E-state index contributed by atoms with van der Waals surface area (Å²) in [6, 6.07) is 4.12. The van der Waals surface area contributed by atoms with Crippen molar-refractivity contribution in [2.45, 2.75) is 47.0 Å². The Labute approximate surface area is 131 Å². The van der Waals surface area contributed by atoms with Crippen molar-refractivity contribution in [2.24, 2.45) is 0 Å². The van der Waals surface area contributed by atoms with Gasteiger partial charge in [0.1, 0.15) is 0 Å². The lowest BCUT2D eigenvalue weighted by Gasteiger charge is -2.16. The molecule has 0 saturated heterocycles. The summed E-state index contributed by atoms with van der Waals surface area (Å²) in [6.07, 6.45) is 2.92. The van der Waals surface area contributed by atoms with Crippen molar-refractivity contribution < 1.29 is 0 Å². The van der Waals surface area contributed by atoms with Crippen LogP contribution in [0.5, 0.6) is 0 Å². The molecular formula is C17H22ClN3. The molecule has 0 bridgehead atoms. The maximum absolute atomic E-state index is 6.35. The number of benzene rings is 1. The first-order valence-corrected chi connectivity index (χ1v) is 7.67. The Kier molecular flexibility index (Phi) is 4.84. The predicted octanol–water partition coefficient (Wildman–Crippen LogP) is 5.31. The summed E-state index contributed by atoms with van der Waals surface area (Å²) in [4.78, 5) is 8.76. The molecule has 0 aliphatic carbocycles. The number of halogens is 1. The van der Waals surface area contributed by atoms with E-state index in [9.17, 15) is 0 Å². The summed E-state index contributed by atoms with van der Waals surface area (Å²) < 4.78 is 0. The molecule has 1 heterocycles. The molecule has 0 aliphatic rings.